The molecule has 3 aromatic rings. The Morgan fingerprint density at radius 1 is 1.26 bits per heavy atom. The summed E-state index contributed by atoms with van der Waals surface area (Å²) in [6.45, 7) is -1.20. The molecule has 1 unspecified atom stereocenters. The smallest absolute Gasteiger partial charge is 0.387 e. The molecule has 1 atom stereocenters. The van der Waals surface area contributed by atoms with Crippen LogP contribution in [-0.2, 0) is 16.8 Å². The molecular weight excluding hydrogens is 430 g/mol. The van der Waals surface area contributed by atoms with Crippen LogP contribution in [0.1, 0.15) is 24.8 Å². The van der Waals surface area contributed by atoms with Gasteiger partial charge in [0.05, 0.1) is 4.88 Å². The number of imide groups is 1. The van der Waals surface area contributed by atoms with E-state index in [4.69, 9.17) is 4.52 Å². The van der Waals surface area contributed by atoms with Gasteiger partial charge in [0.2, 0.25) is 11.7 Å². The summed E-state index contributed by atoms with van der Waals surface area (Å²) in [6, 6.07) is 8.87. The van der Waals surface area contributed by atoms with E-state index in [9.17, 15) is 18.4 Å². The molecule has 0 radical (unpaired) electrons. The number of carbonyl (C=O) groups excluding carboxylic acids is 2. The summed E-state index contributed by atoms with van der Waals surface area (Å²) in [5.74, 6) is 0.474. The number of carbonyl (C=O) groups is 2. The lowest BCUT2D eigenvalue weighted by Crippen LogP contribution is -2.41. The molecule has 162 valence electrons. The number of hydrogen-bond acceptors (Lipinski definition) is 7. The Balaban J connectivity index is 1.38. The summed E-state index contributed by atoms with van der Waals surface area (Å²) in [5.41, 5.74) is -0.829. The molecule has 2 aromatic heterocycles. The van der Waals surface area contributed by atoms with Crippen LogP contribution in [0.4, 0.5) is 13.6 Å². The zero-order valence-corrected chi connectivity index (χ0v) is 17.2. The highest BCUT2D eigenvalue weighted by molar-refractivity contribution is 7.13. The number of alkyl halides is 2. The van der Waals surface area contributed by atoms with Crippen molar-refractivity contribution in [1.29, 1.82) is 0 Å². The van der Waals surface area contributed by atoms with E-state index in [1.165, 1.54) is 35.6 Å². The number of benzene rings is 1. The van der Waals surface area contributed by atoms with Crippen molar-refractivity contribution in [2.45, 2.75) is 31.9 Å². The topological polar surface area (TPSA) is 97.6 Å². The fourth-order valence-electron chi connectivity index (χ4n) is 3.32. The standard InChI is InChI=1S/C20H18F2N4O4S/c1-20(12-6-8-13(9-7-12)29-18(21)22)17(27)26(19(28)24-20)10-2-5-15-23-16(25-30-15)14-4-3-11-31-14/h3-4,6-9,11,18H,2,5,10H2,1H3,(H,24,28). The van der Waals surface area contributed by atoms with Crippen LogP contribution >= 0.6 is 11.3 Å². The molecule has 1 saturated heterocycles. The first-order valence-corrected chi connectivity index (χ1v) is 10.3. The fraction of sp³-hybridized carbons (Fsp3) is 0.300. The quantitative estimate of drug-likeness (QED) is 0.527. The monoisotopic (exact) mass is 448 g/mol. The lowest BCUT2D eigenvalue weighted by molar-refractivity contribution is -0.131. The SMILES string of the molecule is CC1(c2ccc(OC(F)F)cc2)NC(=O)N(CCCc2nc(-c3cccs3)no2)C1=O. The third-order valence-corrected chi connectivity index (χ3v) is 5.78. The summed E-state index contributed by atoms with van der Waals surface area (Å²) >= 11 is 1.50. The van der Waals surface area contributed by atoms with Gasteiger partial charge in [0.25, 0.3) is 5.91 Å². The van der Waals surface area contributed by atoms with Crippen LogP contribution in [0.5, 0.6) is 5.75 Å². The molecule has 0 saturated carbocycles. The Bertz CT molecular complexity index is 1070. The maximum absolute atomic E-state index is 12.9. The van der Waals surface area contributed by atoms with Crippen LogP contribution < -0.4 is 10.1 Å². The second-order valence-corrected chi connectivity index (χ2v) is 7.96. The van der Waals surface area contributed by atoms with Crippen LogP contribution in [-0.4, -0.2) is 40.1 Å². The molecule has 0 aliphatic carbocycles. The van der Waals surface area contributed by atoms with Crippen LogP contribution in [0.25, 0.3) is 10.7 Å². The summed E-state index contributed by atoms with van der Waals surface area (Å²) in [5, 5.41) is 8.53. The Morgan fingerprint density at radius 2 is 2.03 bits per heavy atom. The van der Waals surface area contributed by atoms with Gasteiger partial charge in [0, 0.05) is 13.0 Å². The number of rotatable bonds is 8. The molecule has 1 aliphatic heterocycles. The predicted molar refractivity (Wildman–Crippen MR) is 107 cm³/mol. The van der Waals surface area contributed by atoms with E-state index in [2.05, 4.69) is 20.2 Å². The maximum Gasteiger partial charge on any atom is 0.387 e. The minimum Gasteiger partial charge on any atom is -0.435 e. The van der Waals surface area contributed by atoms with Crippen molar-refractivity contribution in [2.24, 2.45) is 0 Å². The zero-order chi connectivity index (χ0) is 22.0. The number of aromatic nitrogens is 2. The Kier molecular flexibility index (Phi) is 5.68. The van der Waals surface area contributed by atoms with Gasteiger partial charge in [-0.25, -0.2) is 4.79 Å². The lowest BCUT2D eigenvalue weighted by Gasteiger charge is -2.22. The molecule has 0 bridgehead atoms. The molecule has 1 aromatic carbocycles. The van der Waals surface area contributed by atoms with E-state index >= 15 is 0 Å². The number of amides is 3. The molecule has 3 amide bonds. The average Bonchev–Trinajstić information content (AvgIpc) is 3.45. The van der Waals surface area contributed by atoms with Crippen molar-refractivity contribution in [3.05, 3.63) is 53.2 Å². The molecule has 1 fully saturated rings. The number of aryl methyl sites for hydroxylation is 1. The fourth-order valence-corrected chi connectivity index (χ4v) is 3.97. The van der Waals surface area contributed by atoms with Gasteiger partial charge >= 0.3 is 12.6 Å². The van der Waals surface area contributed by atoms with Gasteiger partial charge in [-0.15, -0.1) is 11.3 Å². The molecule has 31 heavy (non-hydrogen) atoms. The largest absolute Gasteiger partial charge is 0.435 e. The minimum absolute atomic E-state index is 0.0301. The first-order valence-electron chi connectivity index (χ1n) is 9.43. The minimum atomic E-state index is -2.94. The van der Waals surface area contributed by atoms with Gasteiger partial charge in [0.15, 0.2) is 0 Å². The summed E-state index contributed by atoms with van der Waals surface area (Å²) in [7, 11) is 0. The Morgan fingerprint density at radius 3 is 2.71 bits per heavy atom. The molecular formula is C20H18F2N4O4S. The van der Waals surface area contributed by atoms with Crippen LogP contribution in [0, 0.1) is 0 Å². The van der Waals surface area contributed by atoms with E-state index in [0.717, 1.165) is 9.78 Å². The normalized spacial score (nSPS) is 18.6. The lowest BCUT2D eigenvalue weighted by atomic mass is 9.92. The predicted octanol–water partition coefficient (Wildman–Crippen LogP) is 3.80. The highest BCUT2D eigenvalue weighted by atomic mass is 32.1. The second kappa shape index (κ2) is 8.42. The highest BCUT2D eigenvalue weighted by Crippen LogP contribution is 2.30. The number of hydrogen-bond donors (Lipinski definition) is 1. The summed E-state index contributed by atoms with van der Waals surface area (Å²) in [4.78, 5) is 31.7. The number of urea groups is 1. The number of thiophene rings is 1. The number of ether oxygens (including phenoxy) is 1. The molecule has 0 spiro atoms. The summed E-state index contributed by atoms with van der Waals surface area (Å²) in [6.07, 6.45) is 0.855. The molecule has 3 heterocycles. The molecule has 8 nitrogen and oxygen atoms in total. The zero-order valence-electron chi connectivity index (χ0n) is 16.4. The van der Waals surface area contributed by atoms with Gasteiger partial charge in [-0.3, -0.25) is 9.69 Å². The highest BCUT2D eigenvalue weighted by Gasteiger charge is 2.48. The van der Waals surface area contributed by atoms with Crippen LogP contribution in [0.15, 0.2) is 46.3 Å². The van der Waals surface area contributed by atoms with E-state index in [0.29, 0.717) is 30.1 Å². The van der Waals surface area contributed by atoms with Crippen molar-refractivity contribution in [3.8, 4) is 16.5 Å². The van der Waals surface area contributed by atoms with Gasteiger partial charge < -0.3 is 14.6 Å². The maximum atomic E-state index is 12.9. The molecule has 1 aliphatic rings. The van der Waals surface area contributed by atoms with Crippen molar-refractivity contribution in [2.75, 3.05) is 6.54 Å². The second-order valence-electron chi connectivity index (χ2n) is 7.01. The molecule has 4 rings (SSSR count). The third kappa shape index (κ3) is 4.26. The first-order chi connectivity index (χ1) is 14.9. The van der Waals surface area contributed by atoms with Crippen molar-refractivity contribution >= 4 is 23.3 Å². The van der Waals surface area contributed by atoms with Crippen molar-refractivity contribution in [3.63, 3.8) is 0 Å². The Hall–Kier alpha value is -3.34. The van der Waals surface area contributed by atoms with Gasteiger partial charge in [-0.05, 0) is 42.5 Å². The van der Waals surface area contributed by atoms with Crippen LogP contribution in [0.2, 0.25) is 0 Å². The van der Waals surface area contributed by atoms with Gasteiger partial charge in [-0.1, -0.05) is 23.4 Å². The average molecular weight is 448 g/mol. The van der Waals surface area contributed by atoms with E-state index in [-0.39, 0.29) is 12.3 Å². The number of nitrogens with one attached hydrogen (secondary N) is 1. The van der Waals surface area contributed by atoms with E-state index in [1.54, 1.807) is 6.92 Å². The van der Waals surface area contributed by atoms with Crippen LogP contribution in [0.3, 0.4) is 0 Å². The molecule has 11 heteroatoms. The number of halogens is 2. The molecule has 1 N–H and O–H groups in total. The van der Waals surface area contributed by atoms with E-state index in [1.807, 2.05) is 17.5 Å². The Labute approximate surface area is 179 Å². The van der Waals surface area contributed by atoms with E-state index < -0.39 is 24.1 Å². The summed E-state index contributed by atoms with van der Waals surface area (Å²) < 4.78 is 34.2. The van der Waals surface area contributed by atoms with Crippen molar-refractivity contribution in [1.82, 2.24) is 20.4 Å². The first kappa shape index (κ1) is 20.9. The van der Waals surface area contributed by atoms with Crippen molar-refractivity contribution < 1.29 is 27.6 Å². The van der Waals surface area contributed by atoms with Gasteiger partial charge in [0.1, 0.15) is 11.3 Å². The number of nitrogens with zero attached hydrogens (tertiary/aromatic N) is 3. The van der Waals surface area contributed by atoms with Gasteiger partial charge in [-0.2, -0.15) is 13.8 Å². The third-order valence-electron chi connectivity index (χ3n) is 4.91.